The van der Waals surface area contributed by atoms with Gasteiger partial charge in [0, 0.05) is 17.8 Å². The quantitative estimate of drug-likeness (QED) is 0.315. The summed E-state index contributed by atoms with van der Waals surface area (Å²) in [5.74, 6) is 0.323. The first-order valence-corrected chi connectivity index (χ1v) is 7.17. The highest BCUT2D eigenvalue weighted by Gasteiger charge is 2.18. The number of carbonyl (C=O) groups is 1. The number of unbranched alkanes of at least 4 members (excludes halogenated alkanes) is 1. The topological polar surface area (TPSA) is 55.5 Å². The number of aldehydes is 1. The van der Waals surface area contributed by atoms with E-state index in [1.807, 2.05) is 20.1 Å². The fraction of sp³-hybridized carbons (Fsp3) is 0.625. The smallest absolute Gasteiger partial charge is 0.151 e. The van der Waals surface area contributed by atoms with Crippen molar-refractivity contribution < 1.29 is 4.79 Å². The summed E-state index contributed by atoms with van der Waals surface area (Å²) in [6.45, 7) is 10.2. The van der Waals surface area contributed by atoms with E-state index in [-0.39, 0.29) is 6.04 Å². The van der Waals surface area contributed by atoms with Crippen LogP contribution in [0.3, 0.4) is 0 Å². The third-order valence-corrected chi connectivity index (χ3v) is 3.26. The Labute approximate surface area is 117 Å². The Kier molecular flexibility index (Phi) is 9.06. The Hall–Kier alpha value is -1.22. The zero-order valence-electron chi connectivity index (χ0n) is 12.9. The number of aliphatic imine (C=N–C) groups is 1. The molecule has 0 aliphatic heterocycles. The largest absolute Gasteiger partial charge is 0.324 e. The van der Waals surface area contributed by atoms with Crippen molar-refractivity contribution in [2.75, 3.05) is 0 Å². The third kappa shape index (κ3) is 5.52. The molecule has 0 radical (unpaired) electrons. The molecular formula is C16H28N2O. The van der Waals surface area contributed by atoms with Gasteiger partial charge in [0.15, 0.2) is 6.29 Å². The van der Waals surface area contributed by atoms with Gasteiger partial charge in [-0.2, -0.15) is 0 Å². The molecule has 3 heteroatoms. The second-order valence-corrected chi connectivity index (χ2v) is 4.86. The first-order chi connectivity index (χ1) is 9.03. The molecule has 0 spiro atoms. The van der Waals surface area contributed by atoms with Crippen LogP contribution in [0.2, 0.25) is 0 Å². The molecular weight excluding hydrogens is 236 g/mol. The molecule has 0 saturated carbocycles. The van der Waals surface area contributed by atoms with Gasteiger partial charge in [-0.05, 0) is 38.2 Å². The number of hydrogen-bond donors (Lipinski definition) is 1. The highest BCUT2D eigenvalue weighted by molar-refractivity contribution is 5.81. The van der Waals surface area contributed by atoms with Crippen molar-refractivity contribution in [2.45, 2.75) is 59.9 Å². The molecule has 2 atom stereocenters. The van der Waals surface area contributed by atoms with E-state index in [1.165, 1.54) is 0 Å². The number of nitrogens with two attached hydrogens (primary N) is 1. The number of hydrogen-bond acceptors (Lipinski definition) is 3. The van der Waals surface area contributed by atoms with E-state index < -0.39 is 0 Å². The monoisotopic (exact) mass is 264 g/mol. The number of allylic oxidation sites excluding steroid dienone is 2. The van der Waals surface area contributed by atoms with E-state index >= 15 is 0 Å². The van der Waals surface area contributed by atoms with Crippen molar-refractivity contribution in [3.05, 3.63) is 22.9 Å². The molecule has 0 heterocycles. The molecule has 0 amide bonds. The molecule has 0 saturated heterocycles. The van der Waals surface area contributed by atoms with Gasteiger partial charge >= 0.3 is 0 Å². The average Bonchev–Trinajstić information content (AvgIpc) is 2.39. The molecule has 19 heavy (non-hydrogen) atoms. The van der Waals surface area contributed by atoms with Gasteiger partial charge in [0.25, 0.3) is 0 Å². The van der Waals surface area contributed by atoms with Crippen LogP contribution in [-0.4, -0.2) is 18.5 Å². The maximum Gasteiger partial charge on any atom is 0.151 e. The highest BCUT2D eigenvalue weighted by atomic mass is 16.1. The Morgan fingerprint density at radius 3 is 2.32 bits per heavy atom. The van der Waals surface area contributed by atoms with E-state index in [0.717, 1.165) is 36.8 Å². The second-order valence-electron chi connectivity index (χ2n) is 4.86. The molecule has 2 unspecified atom stereocenters. The van der Waals surface area contributed by atoms with Crippen LogP contribution in [0.15, 0.2) is 27.9 Å². The van der Waals surface area contributed by atoms with Crippen LogP contribution in [-0.2, 0) is 4.79 Å². The summed E-state index contributed by atoms with van der Waals surface area (Å²) in [7, 11) is 0. The van der Waals surface area contributed by atoms with Crippen molar-refractivity contribution in [2.24, 2.45) is 16.6 Å². The Morgan fingerprint density at radius 1 is 1.32 bits per heavy atom. The SMILES string of the molecule is C/C=C(/C=O)C(/N=C\CCC)=C(C(C)N)C(C)CC. The predicted molar refractivity (Wildman–Crippen MR) is 83.4 cm³/mol. The zero-order chi connectivity index (χ0) is 14.8. The van der Waals surface area contributed by atoms with Gasteiger partial charge in [-0.1, -0.05) is 33.3 Å². The Bertz CT molecular complexity index is 365. The van der Waals surface area contributed by atoms with Crippen LogP contribution in [0, 0.1) is 5.92 Å². The minimum atomic E-state index is -0.0985. The summed E-state index contributed by atoms with van der Waals surface area (Å²) in [6.07, 6.45) is 7.48. The normalized spacial score (nSPS) is 17.3. The van der Waals surface area contributed by atoms with Crippen molar-refractivity contribution in [1.29, 1.82) is 0 Å². The van der Waals surface area contributed by atoms with Gasteiger partial charge in [-0.25, -0.2) is 0 Å². The van der Waals surface area contributed by atoms with Crippen LogP contribution in [0.25, 0.3) is 0 Å². The van der Waals surface area contributed by atoms with E-state index in [2.05, 4.69) is 25.8 Å². The third-order valence-electron chi connectivity index (χ3n) is 3.26. The van der Waals surface area contributed by atoms with E-state index in [4.69, 9.17) is 5.73 Å². The predicted octanol–water partition coefficient (Wildman–Crippen LogP) is 3.65. The van der Waals surface area contributed by atoms with Crippen molar-refractivity contribution in [3.63, 3.8) is 0 Å². The highest BCUT2D eigenvalue weighted by Crippen LogP contribution is 2.26. The fourth-order valence-electron chi connectivity index (χ4n) is 1.98. The van der Waals surface area contributed by atoms with E-state index in [0.29, 0.717) is 11.5 Å². The van der Waals surface area contributed by atoms with Crippen LogP contribution in [0.1, 0.15) is 53.9 Å². The maximum absolute atomic E-state index is 11.2. The first-order valence-electron chi connectivity index (χ1n) is 7.17. The Morgan fingerprint density at radius 2 is 1.95 bits per heavy atom. The fourth-order valence-corrected chi connectivity index (χ4v) is 1.98. The van der Waals surface area contributed by atoms with Crippen LogP contribution in [0.4, 0.5) is 0 Å². The van der Waals surface area contributed by atoms with Crippen molar-refractivity contribution in [3.8, 4) is 0 Å². The summed E-state index contributed by atoms with van der Waals surface area (Å²) in [5.41, 5.74) is 8.54. The number of rotatable bonds is 8. The summed E-state index contributed by atoms with van der Waals surface area (Å²) in [6, 6.07) is -0.0985. The first kappa shape index (κ1) is 17.8. The summed E-state index contributed by atoms with van der Waals surface area (Å²) in [5, 5.41) is 0. The average molecular weight is 264 g/mol. The van der Waals surface area contributed by atoms with Gasteiger partial charge in [0.2, 0.25) is 0 Å². The number of nitrogens with zero attached hydrogens (tertiary/aromatic N) is 1. The minimum absolute atomic E-state index is 0.0985. The zero-order valence-corrected chi connectivity index (χ0v) is 12.9. The Balaban J connectivity index is 5.78. The lowest BCUT2D eigenvalue weighted by molar-refractivity contribution is -0.104. The van der Waals surface area contributed by atoms with Crippen LogP contribution in [0.5, 0.6) is 0 Å². The molecule has 2 N–H and O–H groups in total. The molecule has 0 aliphatic carbocycles. The summed E-state index contributed by atoms with van der Waals surface area (Å²) < 4.78 is 0. The van der Waals surface area contributed by atoms with Crippen LogP contribution < -0.4 is 5.73 Å². The molecule has 0 aromatic carbocycles. The van der Waals surface area contributed by atoms with Crippen LogP contribution >= 0.6 is 0 Å². The van der Waals surface area contributed by atoms with Crippen molar-refractivity contribution in [1.82, 2.24) is 0 Å². The lowest BCUT2D eigenvalue weighted by atomic mass is 9.89. The molecule has 0 bridgehead atoms. The van der Waals surface area contributed by atoms with E-state index in [1.54, 1.807) is 6.08 Å². The molecule has 108 valence electrons. The number of carbonyl (C=O) groups excluding carboxylic acids is 1. The minimum Gasteiger partial charge on any atom is -0.324 e. The lowest BCUT2D eigenvalue weighted by Gasteiger charge is -2.21. The van der Waals surface area contributed by atoms with Gasteiger partial charge in [-0.15, -0.1) is 0 Å². The lowest BCUT2D eigenvalue weighted by Crippen LogP contribution is -2.24. The molecule has 0 aromatic heterocycles. The molecule has 0 fully saturated rings. The molecule has 0 aromatic rings. The van der Waals surface area contributed by atoms with Gasteiger partial charge in [-0.3, -0.25) is 9.79 Å². The molecule has 0 rings (SSSR count). The second kappa shape index (κ2) is 9.68. The van der Waals surface area contributed by atoms with Gasteiger partial charge in [0.1, 0.15) is 0 Å². The van der Waals surface area contributed by atoms with Gasteiger partial charge in [0.05, 0.1) is 5.70 Å². The maximum atomic E-state index is 11.2. The standard InChI is InChI=1S/C16H28N2O/c1-6-9-10-18-16(14(8-3)11-19)15(13(5)17)12(4)7-2/h8,10-13H,6-7,9,17H2,1-5H3/b14-8-,16-15?,18-10-. The molecule has 3 nitrogen and oxygen atoms in total. The summed E-state index contributed by atoms with van der Waals surface area (Å²) in [4.78, 5) is 15.8. The van der Waals surface area contributed by atoms with Gasteiger partial charge < -0.3 is 5.73 Å². The molecule has 0 aliphatic rings. The summed E-state index contributed by atoms with van der Waals surface area (Å²) >= 11 is 0. The van der Waals surface area contributed by atoms with E-state index in [9.17, 15) is 4.79 Å². The van der Waals surface area contributed by atoms with Crippen molar-refractivity contribution >= 4 is 12.5 Å².